The highest BCUT2D eigenvalue weighted by molar-refractivity contribution is 5.86. The number of likely N-dealkylation sites (tertiary alicyclic amines) is 1. The number of nitrogens with one attached hydrogen (secondary N) is 1. The van der Waals surface area contributed by atoms with Crippen LogP contribution in [0.15, 0.2) is 0 Å². The lowest BCUT2D eigenvalue weighted by atomic mass is 9.92. The summed E-state index contributed by atoms with van der Waals surface area (Å²) in [6.07, 6.45) is 2.45. The molecule has 1 rings (SSSR count). The van der Waals surface area contributed by atoms with E-state index in [-0.39, 0.29) is 17.9 Å². The van der Waals surface area contributed by atoms with Gasteiger partial charge in [-0.05, 0) is 31.6 Å². The molecule has 0 aromatic carbocycles. The summed E-state index contributed by atoms with van der Waals surface area (Å²) < 4.78 is 0. The Morgan fingerprint density at radius 2 is 1.76 bits per heavy atom. The number of nitrogens with zero attached hydrogens (tertiary/aromatic N) is 1. The van der Waals surface area contributed by atoms with E-state index in [9.17, 15) is 19.5 Å². The third-order valence-electron chi connectivity index (χ3n) is 4.35. The number of amides is 3. The number of hydrogen-bond donors (Lipinski definition) is 3. The molecule has 1 saturated heterocycles. The number of carboxylic acid groups (broad SMARTS) is 1. The zero-order valence-electron chi connectivity index (χ0n) is 12.7. The van der Waals surface area contributed by atoms with Crippen LogP contribution in [-0.4, -0.2) is 46.5 Å². The van der Waals surface area contributed by atoms with E-state index in [2.05, 4.69) is 5.32 Å². The number of nitrogens with two attached hydrogens (primary N) is 1. The number of aliphatic carboxylic acids is 1. The molecule has 120 valence electrons. The number of rotatable bonds is 6. The molecule has 0 unspecified atom stereocenters. The van der Waals surface area contributed by atoms with Gasteiger partial charge in [-0.2, -0.15) is 0 Å². The molecule has 7 heteroatoms. The van der Waals surface area contributed by atoms with Crippen LogP contribution in [0.2, 0.25) is 0 Å². The summed E-state index contributed by atoms with van der Waals surface area (Å²) in [5, 5.41) is 12.0. The lowest BCUT2D eigenvalue weighted by molar-refractivity contribution is -0.144. The number of hydrogen-bond acceptors (Lipinski definition) is 3. The maximum Gasteiger partial charge on any atom is 0.329 e. The smallest absolute Gasteiger partial charge is 0.329 e. The van der Waals surface area contributed by atoms with Crippen molar-refractivity contribution in [2.75, 3.05) is 13.1 Å². The number of urea groups is 1. The molecular weight excluding hydrogens is 274 g/mol. The Balaban J connectivity index is 2.57. The highest BCUT2D eigenvalue weighted by Crippen LogP contribution is 2.21. The van der Waals surface area contributed by atoms with Crippen molar-refractivity contribution in [2.24, 2.45) is 11.7 Å². The van der Waals surface area contributed by atoms with Gasteiger partial charge in [0.05, 0.1) is 0 Å². The minimum Gasteiger partial charge on any atom is -0.480 e. The Bertz CT molecular complexity index is 399. The Hall–Kier alpha value is -1.79. The van der Waals surface area contributed by atoms with Gasteiger partial charge in [0.25, 0.3) is 0 Å². The highest BCUT2D eigenvalue weighted by atomic mass is 16.4. The monoisotopic (exact) mass is 299 g/mol. The number of carbonyl (C=O) groups excluding carboxylic acids is 2. The number of carboxylic acids is 1. The van der Waals surface area contributed by atoms with Crippen LogP contribution in [0.4, 0.5) is 4.79 Å². The van der Waals surface area contributed by atoms with Crippen molar-refractivity contribution in [1.82, 2.24) is 10.2 Å². The molecule has 21 heavy (non-hydrogen) atoms. The fourth-order valence-corrected chi connectivity index (χ4v) is 2.69. The summed E-state index contributed by atoms with van der Waals surface area (Å²) in [4.78, 5) is 36.1. The normalized spacial score (nSPS) is 16.6. The molecule has 0 aromatic heterocycles. The molecule has 1 aliphatic heterocycles. The summed E-state index contributed by atoms with van der Waals surface area (Å²) in [7, 11) is 0. The molecule has 1 heterocycles. The van der Waals surface area contributed by atoms with Gasteiger partial charge in [0.15, 0.2) is 0 Å². The molecule has 7 nitrogen and oxygen atoms in total. The van der Waals surface area contributed by atoms with Crippen LogP contribution < -0.4 is 11.1 Å². The fourth-order valence-electron chi connectivity index (χ4n) is 2.69. The SMILES string of the molecule is CCC(CC)(NC(=O)N1CCC(CC(N)=O)CC1)C(=O)O. The summed E-state index contributed by atoms with van der Waals surface area (Å²) in [6, 6.07) is -0.348. The van der Waals surface area contributed by atoms with E-state index < -0.39 is 11.5 Å². The van der Waals surface area contributed by atoms with Crippen molar-refractivity contribution in [2.45, 2.75) is 51.5 Å². The first-order valence-corrected chi connectivity index (χ1v) is 7.43. The Morgan fingerprint density at radius 3 is 2.14 bits per heavy atom. The first kappa shape index (κ1) is 17.3. The predicted octanol–water partition coefficient (Wildman–Crippen LogP) is 0.927. The number of carbonyl (C=O) groups is 3. The maximum absolute atomic E-state index is 12.2. The van der Waals surface area contributed by atoms with Gasteiger partial charge in [-0.1, -0.05) is 13.8 Å². The van der Waals surface area contributed by atoms with Gasteiger partial charge in [0.2, 0.25) is 5.91 Å². The van der Waals surface area contributed by atoms with Crippen molar-refractivity contribution >= 4 is 17.9 Å². The van der Waals surface area contributed by atoms with E-state index in [4.69, 9.17) is 5.73 Å². The Morgan fingerprint density at radius 1 is 1.24 bits per heavy atom. The second-order valence-corrected chi connectivity index (χ2v) is 5.63. The van der Waals surface area contributed by atoms with E-state index in [1.54, 1.807) is 18.7 Å². The van der Waals surface area contributed by atoms with Gasteiger partial charge in [0.1, 0.15) is 5.54 Å². The second-order valence-electron chi connectivity index (χ2n) is 5.63. The van der Waals surface area contributed by atoms with Crippen molar-refractivity contribution in [3.8, 4) is 0 Å². The number of primary amides is 1. The van der Waals surface area contributed by atoms with Crippen LogP contribution >= 0.6 is 0 Å². The third-order valence-corrected chi connectivity index (χ3v) is 4.35. The molecule has 0 atom stereocenters. The molecule has 1 aliphatic rings. The first-order chi connectivity index (χ1) is 9.84. The molecular formula is C14H25N3O4. The van der Waals surface area contributed by atoms with Gasteiger partial charge >= 0.3 is 12.0 Å². The topological polar surface area (TPSA) is 113 Å². The summed E-state index contributed by atoms with van der Waals surface area (Å²) >= 11 is 0. The minimum absolute atomic E-state index is 0.216. The Kier molecular flexibility index (Phi) is 5.99. The second kappa shape index (κ2) is 7.28. The maximum atomic E-state index is 12.2. The minimum atomic E-state index is -1.21. The average molecular weight is 299 g/mol. The van der Waals surface area contributed by atoms with Gasteiger partial charge < -0.3 is 21.1 Å². The summed E-state index contributed by atoms with van der Waals surface area (Å²) in [5.74, 6) is -1.11. The lowest BCUT2D eigenvalue weighted by Gasteiger charge is -2.35. The molecule has 0 aliphatic carbocycles. The third kappa shape index (κ3) is 4.34. The molecule has 0 aromatic rings. The van der Waals surface area contributed by atoms with Crippen molar-refractivity contribution in [1.29, 1.82) is 0 Å². The molecule has 3 amide bonds. The van der Waals surface area contributed by atoms with Crippen LogP contribution in [0.3, 0.4) is 0 Å². The van der Waals surface area contributed by atoms with Crippen molar-refractivity contribution in [3.05, 3.63) is 0 Å². The van der Waals surface area contributed by atoms with E-state index in [0.29, 0.717) is 45.2 Å². The van der Waals surface area contributed by atoms with Crippen LogP contribution in [0.1, 0.15) is 46.0 Å². The molecule has 0 radical (unpaired) electrons. The van der Waals surface area contributed by atoms with Gasteiger partial charge in [-0.15, -0.1) is 0 Å². The predicted molar refractivity (Wildman–Crippen MR) is 77.6 cm³/mol. The van der Waals surface area contributed by atoms with E-state index in [1.165, 1.54) is 0 Å². The van der Waals surface area contributed by atoms with Gasteiger partial charge in [-0.3, -0.25) is 4.79 Å². The summed E-state index contributed by atoms with van der Waals surface area (Å²) in [5.41, 5.74) is 3.97. The zero-order valence-corrected chi connectivity index (χ0v) is 12.7. The lowest BCUT2D eigenvalue weighted by Crippen LogP contribution is -2.58. The quantitative estimate of drug-likeness (QED) is 0.677. The summed E-state index contributed by atoms with van der Waals surface area (Å²) in [6.45, 7) is 4.54. The van der Waals surface area contributed by atoms with Crippen LogP contribution in [-0.2, 0) is 9.59 Å². The van der Waals surface area contributed by atoms with Crippen LogP contribution in [0.5, 0.6) is 0 Å². The number of piperidine rings is 1. The highest BCUT2D eigenvalue weighted by Gasteiger charge is 2.38. The molecule has 4 N–H and O–H groups in total. The molecule has 0 saturated carbocycles. The largest absolute Gasteiger partial charge is 0.480 e. The standard InChI is InChI=1S/C14H25N3O4/c1-3-14(4-2,12(19)20)16-13(21)17-7-5-10(6-8-17)9-11(15)18/h10H,3-9H2,1-2H3,(H2,15,18)(H,16,21)(H,19,20). The van der Waals surface area contributed by atoms with E-state index in [1.807, 2.05) is 0 Å². The molecule has 0 spiro atoms. The van der Waals surface area contributed by atoms with Gasteiger partial charge in [-0.25, -0.2) is 9.59 Å². The first-order valence-electron chi connectivity index (χ1n) is 7.43. The van der Waals surface area contributed by atoms with Crippen molar-refractivity contribution < 1.29 is 19.5 Å². The van der Waals surface area contributed by atoms with Gasteiger partial charge in [0, 0.05) is 19.5 Å². The fraction of sp³-hybridized carbons (Fsp3) is 0.786. The van der Waals surface area contributed by atoms with E-state index in [0.717, 1.165) is 0 Å². The average Bonchev–Trinajstić information content (AvgIpc) is 2.44. The molecule has 1 fully saturated rings. The van der Waals surface area contributed by atoms with E-state index >= 15 is 0 Å². The Labute approximate surface area is 124 Å². The zero-order chi connectivity index (χ0) is 16.0. The van der Waals surface area contributed by atoms with Crippen LogP contribution in [0, 0.1) is 5.92 Å². The van der Waals surface area contributed by atoms with Crippen molar-refractivity contribution in [3.63, 3.8) is 0 Å². The van der Waals surface area contributed by atoms with Crippen LogP contribution in [0.25, 0.3) is 0 Å². The molecule has 0 bridgehead atoms.